The van der Waals surface area contributed by atoms with E-state index in [9.17, 15) is 9.59 Å². The number of carbonyl (C=O) groups is 2. The predicted octanol–water partition coefficient (Wildman–Crippen LogP) is 2.17. The Hall–Kier alpha value is -1.88. The molecule has 0 saturated carbocycles. The van der Waals surface area contributed by atoms with Crippen LogP contribution in [0.1, 0.15) is 25.7 Å². The predicted molar refractivity (Wildman–Crippen MR) is 70.3 cm³/mol. The maximum atomic E-state index is 11.5. The van der Waals surface area contributed by atoms with Gasteiger partial charge in [-0.15, -0.1) is 5.06 Å². The van der Waals surface area contributed by atoms with Crippen LogP contribution in [0.25, 0.3) is 0 Å². The third kappa shape index (κ3) is 7.21. The minimum Gasteiger partial charge on any atom is -0.427 e. The second-order valence-corrected chi connectivity index (χ2v) is 4.27. The van der Waals surface area contributed by atoms with Crippen molar-refractivity contribution in [1.82, 2.24) is 5.06 Å². The maximum absolute atomic E-state index is 11.5. The summed E-state index contributed by atoms with van der Waals surface area (Å²) >= 11 is 0. The Morgan fingerprint density at radius 3 is 2.16 bits per heavy atom. The Kier molecular flexibility index (Phi) is 6.60. The summed E-state index contributed by atoms with van der Waals surface area (Å²) in [7, 11) is 3.30. The molecular formula is C14H19NO4. The van der Waals surface area contributed by atoms with Crippen molar-refractivity contribution in [2.75, 3.05) is 14.1 Å². The highest BCUT2D eigenvalue weighted by Gasteiger charge is 2.07. The summed E-state index contributed by atoms with van der Waals surface area (Å²) in [4.78, 5) is 27.5. The number of esters is 1. The van der Waals surface area contributed by atoms with Crippen LogP contribution in [0.15, 0.2) is 30.3 Å². The summed E-state index contributed by atoms with van der Waals surface area (Å²) in [5.74, 6) is -0.0341. The van der Waals surface area contributed by atoms with Crippen LogP contribution in [0, 0.1) is 0 Å². The van der Waals surface area contributed by atoms with Crippen LogP contribution in [0.3, 0.4) is 0 Å². The minimum atomic E-state index is -0.290. The van der Waals surface area contributed by atoms with Crippen LogP contribution in [0.2, 0.25) is 0 Å². The van der Waals surface area contributed by atoms with Gasteiger partial charge in [-0.3, -0.25) is 9.59 Å². The van der Waals surface area contributed by atoms with Crippen molar-refractivity contribution in [3.05, 3.63) is 30.3 Å². The van der Waals surface area contributed by atoms with E-state index in [1.165, 1.54) is 5.06 Å². The fourth-order valence-corrected chi connectivity index (χ4v) is 1.46. The van der Waals surface area contributed by atoms with Crippen molar-refractivity contribution >= 4 is 11.9 Å². The van der Waals surface area contributed by atoms with Crippen LogP contribution in [-0.2, 0) is 14.4 Å². The van der Waals surface area contributed by atoms with Gasteiger partial charge in [0, 0.05) is 26.9 Å². The van der Waals surface area contributed by atoms with E-state index in [0.717, 1.165) is 0 Å². The lowest BCUT2D eigenvalue weighted by Crippen LogP contribution is -2.18. The lowest BCUT2D eigenvalue weighted by Gasteiger charge is -2.09. The molecule has 0 aromatic heterocycles. The number of hydrogen-bond acceptors (Lipinski definition) is 5. The third-order valence-electron chi connectivity index (χ3n) is 2.27. The molecule has 0 atom stereocenters. The highest BCUT2D eigenvalue weighted by atomic mass is 16.7. The van der Waals surface area contributed by atoms with Crippen molar-refractivity contribution < 1.29 is 19.2 Å². The number of hydrogen-bond donors (Lipinski definition) is 0. The van der Waals surface area contributed by atoms with E-state index < -0.39 is 0 Å². The van der Waals surface area contributed by atoms with E-state index in [1.54, 1.807) is 38.4 Å². The first kappa shape index (κ1) is 15.2. The van der Waals surface area contributed by atoms with E-state index in [0.29, 0.717) is 31.4 Å². The number of carbonyl (C=O) groups excluding carboxylic acids is 2. The molecule has 0 bridgehead atoms. The summed E-state index contributed by atoms with van der Waals surface area (Å²) < 4.78 is 5.12. The van der Waals surface area contributed by atoms with Gasteiger partial charge in [0.1, 0.15) is 5.75 Å². The topological polar surface area (TPSA) is 55.8 Å². The number of hydroxylamine groups is 2. The maximum Gasteiger partial charge on any atom is 0.325 e. The lowest BCUT2D eigenvalue weighted by molar-refractivity contribution is -0.178. The smallest absolute Gasteiger partial charge is 0.325 e. The van der Waals surface area contributed by atoms with Crippen LogP contribution >= 0.6 is 0 Å². The number of rotatable bonds is 7. The van der Waals surface area contributed by atoms with Gasteiger partial charge in [0.05, 0.1) is 0 Å². The molecule has 0 spiro atoms. The van der Waals surface area contributed by atoms with Gasteiger partial charge < -0.3 is 9.57 Å². The number of unbranched alkanes of at least 4 members (excludes halogenated alkanes) is 1. The molecule has 1 aromatic carbocycles. The summed E-state index contributed by atoms with van der Waals surface area (Å²) in [6.07, 6.45) is 1.81. The quantitative estimate of drug-likeness (QED) is 0.327. The van der Waals surface area contributed by atoms with Crippen molar-refractivity contribution in [2.24, 2.45) is 0 Å². The molecule has 0 saturated heterocycles. The second-order valence-electron chi connectivity index (χ2n) is 4.27. The van der Waals surface area contributed by atoms with Crippen LogP contribution in [0.5, 0.6) is 5.75 Å². The Morgan fingerprint density at radius 1 is 1.00 bits per heavy atom. The number of nitrogens with zero attached hydrogens (tertiary/aromatic N) is 1. The SMILES string of the molecule is CN(C)OC(=O)CCCCC(=O)Oc1ccccc1. The molecule has 0 aliphatic carbocycles. The standard InChI is InChI=1S/C14H19NO4/c1-15(2)19-14(17)11-7-6-10-13(16)18-12-8-4-3-5-9-12/h3-5,8-9H,6-7,10-11H2,1-2H3. The van der Waals surface area contributed by atoms with Crippen molar-refractivity contribution in [1.29, 1.82) is 0 Å². The molecule has 104 valence electrons. The van der Waals surface area contributed by atoms with E-state index >= 15 is 0 Å². The summed E-state index contributed by atoms with van der Waals surface area (Å²) in [5, 5.41) is 1.35. The molecular weight excluding hydrogens is 246 g/mol. The Labute approximate surface area is 113 Å². The molecule has 1 aromatic rings. The number of ether oxygens (including phenoxy) is 1. The van der Waals surface area contributed by atoms with Gasteiger partial charge in [0.25, 0.3) is 0 Å². The first-order valence-corrected chi connectivity index (χ1v) is 6.22. The normalized spacial score (nSPS) is 10.3. The molecule has 19 heavy (non-hydrogen) atoms. The average molecular weight is 265 g/mol. The fraction of sp³-hybridized carbons (Fsp3) is 0.429. The van der Waals surface area contributed by atoms with Crippen molar-refractivity contribution in [3.63, 3.8) is 0 Å². The van der Waals surface area contributed by atoms with Gasteiger partial charge in [0.2, 0.25) is 0 Å². The van der Waals surface area contributed by atoms with E-state index in [-0.39, 0.29) is 11.9 Å². The van der Waals surface area contributed by atoms with E-state index in [4.69, 9.17) is 9.57 Å². The molecule has 0 heterocycles. The summed E-state index contributed by atoms with van der Waals surface area (Å²) in [6, 6.07) is 8.92. The second kappa shape index (κ2) is 8.26. The van der Waals surface area contributed by atoms with Gasteiger partial charge in [0.15, 0.2) is 0 Å². The van der Waals surface area contributed by atoms with Crippen molar-refractivity contribution in [2.45, 2.75) is 25.7 Å². The van der Waals surface area contributed by atoms with Gasteiger partial charge >= 0.3 is 11.9 Å². The minimum absolute atomic E-state index is 0.285. The lowest BCUT2D eigenvalue weighted by atomic mass is 10.2. The van der Waals surface area contributed by atoms with Gasteiger partial charge in [-0.1, -0.05) is 18.2 Å². The van der Waals surface area contributed by atoms with E-state index in [2.05, 4.69) is 0 Å². The largest absolute Gasteiger partial charge is 0.427 e. The van der Waals surface area contributed by atoms with Gasteiger partial charge in [-0.2, -0.15) is 0 Å². The van der Waals surface area contributed by atoms with Gasteiger partial charge in [-0.05, 0) is 25.0 Å². The molecule has 0 N–H and O–H groups in total. The number of benzene rings is 1. The molecule has 5 heteroatoms. The molecule has 0 amide bonds. The first-order chi connectivity index (χ1) is 9.08. The monoisotopic (exact) mass is 265 g/mol. The Bertz CT molecular complexity index is 403. The first-order valence-electron chi connectivity index (χ1n) is 6.22. The molecule has 0 radical (unpaired) electrons. The van der Waals surface area contributed by atoms with Crippen molar-refractivity contribution in [3.8, 4) is 5.75 Å². The van der Waals surface area contributed by atoms with E-state index in [1.807, 2.05) is 6.07 Å². The molecule has 0 aliphatic heterocycles. The number of para-hydroxylation sites is 1. The summed E-state index contributed by atoms with van der Waals surface area (Å²) in [5.41, 5.74) is 0. The molecule has 0 fully saturated rings. The Morgan fingerprint density at radius 2 is 1.58 bits per heavy atom. The zero-order valence-corrected chi connectivity index (χ0v) is 11.3. The zero-order chi connectivity index (χ0) is 14.1. The molecule has 1 rings (SSSR count). The van der Waals surface area contributed by atoms with Crippen LogP contribution in [0.4, 0.5) is 0 Å². The van der Waals surface area contributed by atoms with Crippen LogP contribution in [-0.4, -0.2) is 31.1 Å². The Balaban J connectivity index is 2.13. The third-order valence-corrected chi connectivity index (χ3v) is 2.27. The summed E-state index contributed by atoms with van der Waals surface area (Å²) in [6.45, 7) is 0. The molecule has 0 aliphatic rings. The molecule has 5 nitrogen and oxygen atoms in total. The highest BCUT2D eigenvalue weighted by molar-refractivity contribution is 5.72. The average Bonchev–Trinajstić information content (AvgIpc) is 2.35. The highest BCUT2D eigenvalue weighted by Crippen LogP contribution is 2.10. The van der Waals surface area contributed by atoms with Gasteiger partial charge in [-0.25, -0.2) is 0 Å². The zero-order valence-electron chi connectivity index (χ0n) is 11.3. The fourth-order valence-electron chi connectivity index (χ4n) is 1.46. The molecule has 0 unspecified atom stereocenters. The van der Waals surface area contributed by atoms with Crippen LogP contribution < -0.4 is 4.74 Å².